The van der Waals surface area contributed by atoms with Crippen LogP contribution in [0.5, 0.6) is 0 Å². The zero-order chi connectivity index (χ0) is 17.7. The first-order valence-electron chi connectivity index (χ1n) is 8.29. The molecule has 1 fully saturated rings. The van der Waals surface area contributed by atoms with Gasteiger partial charge in [-0.25, -0.2) is 0 Å². The van der Waals surface area contributed by atoms with Crippen LogP contribution in [0.15, 0.2) is 4.99 Å². The van der Waals surface area contributed by atoms with E-state index in [1.165, 1.54) is 0 Å². The minimum Gasteiger partial charge on any atom is -0.379 e. The van der Waals surface area contributed by atoms with E-state index in [4.69, 9.17) is 9.47 Å². The third-order valence-electron chi connectivity index (χ3n) is 3.33. The smallest absolute Gasteiger partial charge is 0.379 e. The van der Waals surface area contributed by atoms with Crippen molar-refractivity contribution in [1.82, 2.24) is 10.6 Å². The molecule has 1 unspecified atom stereocenters. The van der Waals surface area contributed by atoms with Gasteiger partial charge in [0.15, 0.2) is 5.96 Å². The second kappa shape index (κ2) is 14.8. The van der Waals surface area contributed by atoms with E-state index in [1.807, 2.05) is 0 Å². The van der Waals surface area contributed by atoms with Crippen molar-refractivity contribution in [1.29, 1.82) is 0 Å². The SMILES string of the molecule is CN=C(NCCCOCC1CCCO1)NCCCOCC(F)(F)F.I. The molecule has 1 saturated heterocycles. The summed E-state index contributed by atoms with van der Waals surface area (Å²) in [7, 11) is 1.64. The predicted octanol–water partition coefficient (Wildman–Crippen LogP) is 2.32. The summed E-state index contributed by atoms with van der Waals surface area (Å²) in [6.07, 6.45) is -0.535. The number of ether oxygens (including phenoxy) is 3. The molecule has 0 bridgehead atoms. The zero-order valence-electron chi connectivity index (χ0n) is 14.6. The summed E-state index contributed by atoms with van der Waals surface area (Å²) in [5.41, 5.74) is 0. The molecule has 1 rings (SSSR count). The van der Waals surface area contributed by atoms with Crippen LogP contribution < -0.4 is 10.6 Å². The Morgan fingerprint density at radius 2 is 1.80 bits per heavy atom. The Morgan fingerprint density at radius 3 is 2.32 bits per heavy atom. The fourth-order valence-electron chi connectivity index (χ4n) is 2.16. The number of rotatable bonds is 11. The molecule has 6 nitrogen and oxygen atoms in total. The van der Waals surface area contributed by atoms with Crippen molar-refractivity contribution in [3.63, 3.8) is 0 Å². The van der Waals surface area contributed by atoms with Crippen molar-refractivity contribution in [3.05, 3.63) is 0 Å². The fourth-order valence-corrected chi connectivity index (χ4v) is 2.16. The first kappa shape index (κ1) is 24.7. The van der Waals surface area contributed by atoms with E-state index in [1.54, 1.807) is 7.05 Å². The van der Waals surface area contributed by atoms with Crippen molar-refractivity contribution in [2.75, 3.05) is 53.2 Å². The van der Waals surface area contributed by atoms with Crippen LogP contribution in [0.1, 0.15) is 25.7 Å². The van der Waals surface area contributed by atoms with Gasteiger partial charge in [0, 0.05) is 40.0 Å². The maximum Gasteiger partial charge on any atom is 0.411 e. The van der Waals surface area contributed by atoms with E-state index in [0.717, 1.165) is 25.9 Å². The number of hydrogen-bond donors (Lipinski definition) is 2. The van der Waals surface area contributed by atoms with E-state index >= 15 is 0 Å². The molecule has 0 aromatic heterocycles. The normalized spacial score (nSPS) is 18.1. The molecular formula is C15H29F3IN3O3. The minimum absolute atomic E-state index is 0. The highest BCUT2D eigenvalue weighted by molar-refractivity contribution is 14.0. The number of nitrogens with zero attached hydrogens (tertiary/aromatic N) is 1. The van der Waals surface area contributed by atoms with Crippen molar-refractivity contribution >= 4 is 29.9 Å². The first-order chi connectivity index (χ1) is 11.5. The number of hydrogen-bond acceptors (Lipinski definition) is 4. The Labute approximate surface area is 164 Å². The number of alkyl halides is 3. The van der Waals surface area contributed by atoms with Crippen LogP contribution >= 0.6 is 24.0 Å². The Morgan fingerprint density at radius 1 is 1.16 bits per heavy atom. The second-order valence-corrected chi connectivity index (χ2v) is 5.51. The van der Waals surface area contributed by atoms with Crippen LogP contribution in [0.2, 0.25) is 0 Å². The van der Waals surface area contributed by atoms with Crippen LogP contribution in [0.4, 0.5) is 13.2 Å². The lowest BCUT2D eigenvalue weighted by atomic mass is 10.2. The van der Waals surface area contributed by atoms with Gasteiger partial charge in [0.2, 0.25) is 0 Å². The average Bonchev–Trinajstić information content (AvgIpc) is 3.04. The van der Waals surface area contributed by atoms with Gasteiger partial charge in [0.25, 0.3) is 0 Å². The third-order valence-corrected chi connectivity index (χ3v) is 3.33. The zero-order valence-corrected chi connectivity index (χ0v) is 16.9. The third kappa shape index (κ3) is 14.5. The van der Waals surface area contributed by atoms with Gasteiger partial charge in [0.1, 0.15) is 6.61 Å². The summed E-state index contributed by atoms with van der Waals surface area (Å²) in [6.45, 7) is 2.17. The van der Waals surface area contributed by atoms with E-state index in [2.05, 4.69) is 20.4 Å². The quantitative estimate of drug-likeness (QED) is 0.205. The van der Waals surface area contributed by atoms with Crippen molar-refractivity contribution < 1.29 is 27.4 Å². The summed E-state index contributed by atoms with van der Waals surface area (Å²) >= 11 is 0. The molecule has 2 N–H and O–H groups in total. The first-order valence-corrected chi connectivity index (χ1v) is 8.29. The molecular weight excluding hydrogens is 454 g/mol. The average molecular weight is 483 g/mol. The van der Waals surface area contributed by atoms with Gasteiger partial charge >= 0.3 is 6.18 Å². The molecule has 25 heavy (non-hydrogen) atoms. The second-order valence-electron chi connectivity index (χ2n) is 5.51. The Balaban J connectivity index is 0.00000576. The summed E-state index contributed by atoms with van der Waals surface area (Å²) < 4.78 is 51.2. The highest BCUT2D eigenvalue weighted by Crippen LogP contribution is 2.14. The van der Waals surface area contributed by atoms with Gasteiger partial charge in [-0.05, 0) is 25.7 Å². The van der Waals surface area contributed by atoms with Crippen LogP contribution in [0.3, 0.4) is 0 Å². The van der Waals surface area contributed by atoms with Gasteiger partial charge in [-0.1, -0.05) is 0 Å². The van der Waals surface area contributed by atoms with Crippen LogP contribution in [-0.2, 0) is 14.2 Å². The summed E-state index contributed by atoms with van der Waals surface area (Å²) in [4.78, 5) is 4.04. The molecule has 10 heteroatoms. The molecule has 0 aliphatic carbocycles. The molecule has 0 aromatic carbocycles. The van der Waals surface area contributed by atoms with Crippen molar-refractivity contribution in [2.45, 2.75) is 38.0 Å². The van der Waals surface area contributed by atoms with Gasteiger partial charge < -0.3 is 24.8 Å². The highest BCUT2D eigenvalue weighted by Gasteiger charge is 2.27. The lowest BCUT2D eigenvalue weighted by molar-refractivity contribution is -0.173. The summed E-state index contributed by atoms with van der Waals surface area (Å²) in [5, 5.41) is 6.14. The molecule has 1 atom stereocenters. The maximum atomic E-state index is 11.9. The van der Waals surface area contributed by atoms with Crippen LogP contribution in [0, 0.1) is 0 Å². The molecule has 1 aliphatic rings. The predicted molar refractivity (Wildman–Crippen MR) is 101 cm³/mol. The number of halogens is 4. The molecule has 0 spiro atoms. The summed E-state index contributed by atoms with van der Waals surface area (Å²) in [6, 6.07) is 0. The van der Waals surface area contributed by atoms with Gasteiger partial charge in [0.05, 0.1) is 12.7 Å². The topological polar surface area (TPSA) is 64.1 Å². The minimum atomic E-state index is -4.27. The van der Waals surface area contributed by atoms with Gasteiger partial charge in [-0.2, -0.15) is 13.2 Å². The highest BCUT2D eigenvalue weighted by atomic mass is 127. The summed E-state index contributed by atoms with van der Waals surface area (Å²) in [5.74, 6) is 0.616. The van der Waals surface area contributed by atoms with E-state index in [9.17, 15) is 13.2 Å². The molecule has 1 aliphatic heterocycles. The monoisotopic (exact) mass is 483 g/mol. The van der Waals surface area contributed by atoms with Gasteiger partial charge in [-0.15, -0.1) is 24.0 Å². The number of nitrogens with one attached hydrogen (secondary N) is 2. The van der Waals surface area contributed by atoms with Gasteiger partial charge in [-0.3, -0.25) is 4.99 Å². The standard InChI is InChI=1S/C15H28F3N3O3.HI/c1-19-14(21-7-4-9-23-12-15(16,17)18)20-6-3-8-22-11-13-5-2-10-24-13;/h13H,2-12H2,1H3,(H2,19,20,21);1H. The van der Waals surface area contributed by atoms with Crippen LogP contribution in [-0.4, -0.2) is 71.4 Å². The number of guanidine groups is 1. The molecule has 0 radical (unpaired) electrons. The fraction of sp³-hybridized carbons (Fsp3) is 0.933. The Hall–Kier alpha value is -0.330. The molecule has 150 valence electrons. The lowest BCUT2D eigenvalue weighted by Crippen LogP contribution is -2.38. The van der Waals surface area contributed by atoms with E-state index in [-0.39, 0.29) is 36.7 Å². The molecule has 0 amide bonds. The molecule has 0 saturated carbocycles. The maximum absolute atomic E-state index is 11.9. The molecule has 1 heterocycles. The Bertz CT molecular complexity index is 355. The molecule has 0 aromatic rings. The Kier molecular flexibility index (Phi) is 14.6. The van der Waals surface area contributed by atoms with Crippen molar-refractivity contribution in [3.8, 4) is 0 Å². The largest absolute Gasteiger partial charge is 0.411 e. The van der Waals surface area contributed by atoms with Crippen molar-refractivity contribution in [2.24, 2.45) is 4.99 Å². The van der Waals surface area contributed by atoms with E-state index < -0.39 is 12.8 Å². The van der Waals surface area contributed by atoms with E-state index in [0.29, 0.717) is 38.7 Å². The lowest BCUT2D eigenvalue weighted by Gasteiger charge is -2.13. The number of aliphatic imine (C=N–C) groups is 1. The van der Waals surface area contributed by atoms with Crippen LogP contribution in [0.25, 0.3) is 0 Å².